The first-order valence-corrected chi connectivity index (χ1v) is 3.89. The molecule has 68 valence electrons. The van der Waals surface area contributed by atoms with Gasteiger partial charge in [-0.05, 0) is 6.92 Å². The predicted octanol–water partition coefficient (Wildman–Crippen LogP) is -0.132. The molecule has 0 spiro atoms. The molecule has 1 heterocycles. The lowest BCUT2D eigenvalue weighted by atomic mass is 10.3. The number of rotatable bonds is 2. The summed E-state index contributed by atoms with van der Waals surface area (Å²) in [4.78, 5) is 24.3. The van der Waals surface area contributed by atoms with Crippen molar-refractivity contribution in [2.75, 3.05) is 0 Å². The molecule has 1 aromatic heterocycles. The summed E-state index contributed by atoms with van der Waals surface area (Å²) >= 11 is 0. The fourth-order valence-corrected chi connectivity index (χ4v) is 0.970. The number of nitrogens with zero attached hydrogens (tertiary/aromatic N) is 1. The largest absolute Gasteiger partial charge is 0.328 e. The number of nitrogens with one attached hydrogen (secondary N) is 1. The van der Waals surface area contributed by atoms with Gasteiger partial charge < -0.3 is 0 Å². The first-order chi connectivity index (χ1) is 6.15. The molecule has 4 heteroatoms. The van der Waals surface area contributed by atoms with Gasteiger partial charge in [-0.2, -0.15) is 0 Å². The van der Waals surface area contributed by atoms with Crippen molar-refractivity contribution in [3.05, 3.63) is 32.6 Å². The fraction of sp³-hybridized carbons (Fsp3) is 0.333. The van der Waals surface area contributed by atoms with E-state index in [1.807, 2.05) is 0 Å². The van der Waals surface area contributed by atoms with E-state index >= 15 is 0 Å². The molecule has 0 bridgehead atoms. The van der Waals surface area contributed by atoms with E-state index in [-0.39, 0.29) is 5.56 Å². The van der Waals surface area contributed by atoms with Gasteiger partial charge in [0.25, 0.3) is 5.56 Å². The van der Waals surface area contributed by atoms with Crippen molar-refractivity contribution in [2.24, 2.45) is 0 Å². The first kappa shape index (κ1) is 9.33. The van der Waals surface area contributed by atoms with Crippen molar-refractivity contribution in [2.45, 2.75) is 19.9 Å². The average Bonchev–Trinajstić information content (AvgIpc) is 2.09. The van der Waals surface area contributed by atoms with Crippen molar-refractivity contribution in [3.8, 4) is 12.3 Å². The molecule has 0 aliphatic carbocycles. The Morgan fingerprint density at radius 2 is 2.31 bits per heavy atom. The third-order valence-corrected chi connectivity index (χ3v) is 1.69. The zero-order valence-corrected chi connectivity index (χ0v) is 7.33. The van der Waals surface area contributed by atoms with Gasteiger partial charge in [-0.3, -0.25) is 14.3 Å². The maximum atomic E-state index is 11.1. The minimum absolute atomic E-state index is 0.345. The van der Waals surface area contributed by atoms with Gasteiger partial charge in [0, 0.05) is 24.7 Å². The van der Waals surface area contributed by atoms with E-state index in [0.29, 0.717) is 18.5 Å². The minimum atomic E-state index is -0.411. The Labute approximate surface area is 75.2 Å². The molecule has 0 saturated carbocycles. The SMILES string of the molecule is C#CCCn1cc(C)c(=O)[nH]c1=O. The number of hydrogen-bond donors (Lipinski definition) is 1. The summed E-state index contributed by atoms with van der Waals surface area (Å²) in [6.45, 7) is 2.08. The highest BCUT2D eigenvalue weighted by Crippen LogP contribution is 1.86. The van der Waals surface area contributed by atoms with Crippen LogP contribution in [0.5, 0.6) is 0 Å². The van der Waals surface area contributed by atoms with Gasteiger partial charge in [-0.25, -0.2) is 4.79 Å². The third kappa shape index (κ3) is 2.09. The van der Waals surface area contributed by atoms with Crippen LogP contribution in [-0.4, -0.2) is 9.55 Å². The summed E-state index contributed by atoms with van der Waals surface area (Å²) in [5, 5.41) is 0. The van der Waals surface area contributed by atoms with Gasteiger partial charge in [-0.1, -0.05) is 0 Å². The first-order valence-electron chi connectivity index (χ1n) is 3.89. The monoisotopic (exact) mass is 178 g/mol. The van der Waals surface area contributed by atoms with Gasteiger partial charge in [0.1, 0.15) is 0 Å². The highest BCUT2D eigenvalue weighted by Gasteiger charge is 1.98. The van der Waals surface area contributed by atoms with Crippen molar-refractivity contribution in [1.82, 2.24) is 9.55 Å². The molecule has 4 nitrogen and oxygen atoms in total. The molecule has 0 saturated heterocycles. The minimum Gasteiger partial charge on any atom is -0.299 e. The maximum Gasteiger partial charge on any atom is 0.328 e. The fourth-order valence-electron chi connectivity index (χ4n) is 0.970. The summed E-state index contributed by atoms with van der Waals surface area (Å²) < 4.78 is 1.40. The van der Waals surface area contributed by atoms with Crippen LogP contribution in [0.1, 0.15) is 12.0 Å². The van der Waals surface area contributed by atoms with Crippen LogP contribution >= 0.6 is 0 Å². The van der Waals surface area contributed by atoms with Crippen LogP contribution in [0.25, 0.3) is 0 Å². The molecule has 0 aliphatic heterocycles. The Morgan fingerprint density at radius 3 is 2.92 bits per heavy atom. The zero-order valence-electron chi connectivity index (χ0n) is 7.33. The second-order valence-corrected chi connectivity index (χ2v) is 2.72. The molecule has 0 unspecified atom stereocenters. The lowest BCUT2D eigenvalue weighted by Crippen LogP contribution is -2.30. The van der Waals surface area contributed by atoms with Crippen LogP contribution in [-0.2, 0) is 6.54 Å². The maximum absolute atomic E-state index is 11.1. The Balaban J connectivity index is 3.11. The lowest BCUT2D eigenvalue weighted by molar-refractivity contribution is 0.657. The molecular weight excluding hydrogens is 168 g/mol. The van der Waals surface area contributed by atoms with Gasteiger partial charge in [0.2, 0.25) is 0 Å². The molecule has 1 rings (SSSR count). The van der Waals surface area contributed by atoms with Crippen LogP contribution < -0.4 is 11.2 Å². The van der Waals surface area contributed by atoms with Crippen LogP contribution in [0.3, 0.4) is 0 Å². The third-order valence-electron chi connectivity index (χ3n) is 1.69. The summed E-state index contributed by atoms with van der Waals surface area (Å²) in [5.74, 6) is 2.43. The van der Waals surface area contributed by atoms with E-state index in [4.69, 9.17) is 6.42 Å². The Morgan fingerprint density at radius 1 is 1.62 bits per heavy atom. The molecule has 13 heavy (non-hydrogen) atoms. The highest BCUT2D eigenvalue weighted by molar-refractivity contribution is 5.01. The number of aromatic amines is 1. The van der Waals surface area contributed by atoms with Crippen molar-refractivity contribution < 1.29 is 0 Å². The van der Waals surface area contributed by atoms with E-state index < -0.39 is 5.69 Å². The number of aromatic nitrogens is 2. The predicted molar refractivity (Wildman–Crippen MR) is 49.5 cm³/mol. The van der Waals surface area contributed by atoms with Crippen LogP contribution in [0, 0.1) is 19.3 Å². The lowest BCUT2D eigenvalue weighted by Gasteiger charge is -2.01. The highest BCUT2D eigenvalue weighted by atomic mass is 16.2. The van der Waals surface area contributed by atoms with Gasteiger partial charge in [-0.15, -0.1) is 12.3 Å². The van der Waals surface area contributed by atoms with E-state index in [9.17, 15) is 9.59 Å². The second kappa shape index (κ2) is 3.76. The van der Waals surface area contributed by atoms with Gasteiger partial charge in [0.15, 0.2) is 0 Å². The molecule has 0 fully saturated rings. The average molecular weight is 178 g/mol. The van der Waals surface area contributed by atoms with Crippen molar-refractivity contribution >= 4 is 0 Å². The second-order valence-electron chi connectivity index (χ2n) is 2.72. The molecule has 0 aromatic carbocycles. The van der Waals surface area contributed by atoms with E-state index in [0.717, 1.165) is 0 Å². The molecule has 1 N–H and O–H groups in total. The van der Waals surface area contributed by atoms with Crippen LogP contribution in [0.4, 0.5) is 0 Å². The molecule has 0 atom stereocenters. The normalized spacial score (nSPS) is 9.54. The summed E-state index contributed by atoms with van der Waals surface area (Å²) in [6.07, 6.45) is 7.05. The zero-order chi connectivity index (χ0) is 9.84. The molecule has 1 aromatic rings. The van der Waals surface area contributed by atoms with Crippen LogP contribution in [0.15, 0.2) is 15.8 Å². The number of aryl methyl sites for hydroxylation is 2. The van der Waals surface area contributed by atoms with E-state index in [1.54, 1.807) is 6.92 Å². The topological polar surface area (TPSA) is 54.9 Å². The molecule has 0 radical (unpaired) electrons. The Bertz CT molecular complexity index is 448. The molecular formula is C9H10N2O2. The standard InChI is InChI=1S/C9H10N2O2/c1-3-4-5-11-6-7(2)8(12)10-9(11)13/h1,6H,4-5H2,2H3,(H,10,12,13). The molecule has 0 aliphatic rings. The van der Waals surface area contributed by atoms with Crippen LogP contribution in [0.2, 0.25) is 0 Å². The quantitative estimate of drug-likeness (QED) is 0.641. The van der Waals surface area contributed by atoms with E-state index in [2.05, 4.69) is 10.9 Å². The van der Waals surface area contributed by atoms with Crippen molar-refractivity contribution in [1.29, 1.82) is 0 Å². The molecule has 0 amide bonds. The summed E-state index contributed by atoms with van der Waals surface area (Å²) in [7, 11) is 0. The smallest absolute Gasteiger partial charge is 0.299 e. The van der Waals surface area contributed by atoms with Crippen molar-refractivity contribution in [3.63, 3.8) is 0 Å². The Kier molecular flexibility index (Phi) is 2.70. The number of terminal acetylenes is 1. The summed E-state index contributed by atoms with van der Waals surface area (Å²) in [5.41, 5.74) is -0.246. The number of hydrogen-bond acceptors (Lipinski definition) is 2. The van der Waals surface area contributed by atoms with E-state index in [1.165, 1.54) is 10.8 Å². The Hall–Kier alpha value is -1.76. The van der Waals surface area contributed by atoms with Gasteiger partial charge >= 0.3 is 5.69 Å². The van der Waals surface area contributed by atoms with Gasteiger partial charge in [0.05, 0.1) is 0 Å². The summed E-state index contributed by atoms with van der Waals surface area (Å²) in [6, 6.07) is 0. The number of H-pyrrole nitrogens is 1.